The van der Waals surface area contributed by atoms with Crippen LogP contribution in [0.25, 0.3) is 0 Å². The molecule has 1 aromatic carbocycles. The SMILES string of the molecule is CC(CC1CC1)Nc1cc(F)c(F)cc1F. The summed E-state index contributed by atoms with van der Waals surface area (Å²) in [6.07, 6.45) is 3.37. The van der Waals surface area contributed by atoms with Crippen molar-refractivity contribution in [1.82, 2.24) is 0 Å². The van der Waals surface area contributed by atoms with Crippen LogP contribution in [0.5, 0.6) is 0 Å². The molecule has 0 aliphatic heterocycles. The van der Waals surface area contributed by atoms with Crippen molar-refractivity contribution < 1.29 is 13.2 Å². The number of benzene rings is 1. The van der Waals surface area contributed by atoms with Crippen LogP contribution in [0, 0.1) is 23.4 Å². The van der Waals surface area contributed by atoms with Crippen molar-refractivity contribution in [2.75, 3.05) is 5.32 Å². The molecule has 1 atom stereocenters. The van der Waals surface area contributed by atoms with Crippen molar-refractivity contribution in [3.05, 3.63) is 29.6 Å². The highest BCUT2D eigenvalue weighted by Gasteiger charge is 2.24. The van der Waals surface area contributed by atoms with Gasteiger partial charge in [-0.1, -0.05) is 12.8 Å². The van der Waals surface area contributed by atoms with Gasteiger partial charge >= 0.3 is 0 Å². The van der Waals surface area contributed by atoms with Gasteiger partial charge in [0.05, 0.1) is 5.69 Å². The van der Waals surface area contributed by atoms with Crippen LogP contribution in [0.2, 0.25) is 0 Å². The molecule has 0 aromatic heterocycles. The standard InChI is InChI=1S/C12H14F3N/c1-7(4-8-2-3-8)16-12-6-10(14)9(13)5-11(12)15/h5-8,16H,2-4H2,1H3. The number of nitrogens with one attached hydrogen (secondary N) is 1. The zero-order valence-electron chi connectivity index (χ0n) is 9.06. The molecule has 0 radical (unpaired) electrons. The number of hydrogen-bond acceptors (Lipinski definition) is 1. The Morgan fingerprint density at radius 3 is 2.44 bits per heavy atom. The lowest BCUT2D eigenvalue weighted by Gasteiger charge is -2.15. The summed E-state index contributed by atoms with van der Waals surface area (Å²) < 4.78 is 38.9. The predicted molar refractivity (Wildman–Crippen MR) is 56.7 cm³/mol. The Labute approximate surface area is 92.7 Å². The first-order chi connectivity index (χ1) is 7.56. The van der Waals surface area contributed by atoms with E-state index in [9.17, 15) is 13.2 Å². The van der Waals surface area contributed by atoms with Crippen LogP contribution in [-0.4, -0.2) is 6.04 Å². The Morgan fingerprint density at radius 1 is 1.19 bits per heavy atom. The maximum absolute atomic E-state index is 13.3. The summed E-state index contributed by atoms with van der Waals surface area (Å²) in [5.41, 5.74) is 0.0343. The molecule has 1 aliphatic carbocycles. The predicted octanol–water partition coefficient (Wildman–Crippen LogP) is 3.70. The normalized spacial score (nSPS) is 17.2. The van der Waals surface area contributed by atoms with Crippen LogP contribution in [-0.2, 0) is 0 Å². The van der Waals surface area contributed by atoms with E-state index in [2.05, 4.69) is 5.32 Å². The molecule has 0 amide bonds. The summed E-state index contributed by atoms with van der Waals surface area (Å²) in [7, 11) is 0. The molecule has 1 unspecified atom stereocenters. The van der Waals surface area contributed by atoms with Gasteiger partial charge in [-0.25, -0.2) is 13.2 Å². The minimum absolute atomic E-state index is 0.0343. The van der Waals surface area contributed by atoms with Crippen LogP contribution in [0.15, 0.2) is 12.1 Å². The van der Waals surface area contributed by atoms with Gasteiger partial charge in [0.1, 0.15) is 5.82 Å². The van der Waals surface area contributed by atoms with E-state index in [0.29, 0.717) is 12.0 Å². The van der Waals surface area contributed by atoms with Crippen molar-refractivity contribution >= 4 is 5.69 Å². The van der Waals surface area contributed by atoms with Crippen LogP contribution >= 0.6 is 0 Å². The third-order valence-electron chi connectivity index (χ3n) is 2.80. The number of hydrogen-bond donors (Lipinski definition) is 1. The van der Waals surface area contributed by atoms with E-state index >= 15 is 0 Å². The van der Waals surface area contributed by atoms with Crippen molar-refractivity contribution in [2.45, 2.75) is 32.2 Å². The number of rotatable bonds is 4. The van der Waals surface area contributed by atoms with Crippen molar-refractivity contribution in [2.24, 2.45) is 5.92 Å². The minimum atomic E-state index is -1.15. The zero-order valence-corrected chi connectivity index (χ0v) is 9.06. The van der Waals surface area contributed by atoms with Gasteiger partial charge in [0.15, 0.2) is 11.6 Å². The van der Waals surface area contributed by atoms with Crippen molar-refractivity contribution in [1.29, 1.82) is 0 Å². The van der Waals surface area contributed by atoms with E-state index in [-0.39, 0.29) is 11.7 Å². The number of halogens is 3. The van der Waals surface area contributed by atoms with E-state index in [4.69, 9.17) is 0 Å². The van der Waals surface area contributed by atoms with Crippen molar-refractivity contribution in [3.63, 3.8) is 0 Å². The van der Waals surface area contributed by atoms with Crippen molar-refractivity contribution in [3.8, 4) is 0 Å². The highest BCUT2D eigenvalue weighted by atomic mass is 19.2. The van der Waals surface area contributed by atoms with E-state index in [1.807, 2.05) is 6.92 Å². The summed E-state index contributed by atoms with van der Waals surface area (Å²) in [5.74, 6) is -2.22. The van der Waals surface area contributed by atoms with Gasteiger partial charge < -0.3 is 5.32 Å². The Hall–Kier alpha value is -1.19. The largest absolute Gasteiger partial charge is 0.380 e. The Kier molecular flexibility index (Phi) is 3.08. The molecular weight excluding hydrogens is 215 g/mol. The van der Waals surface area contributed by atoms with Gasteiger partial charge in [-0.05, 0) is 19.3 Å². The van der Waals surface area contributed by atoms with Gasteiger partial charge in [0.2, 0.25) is 0 Å². The van der Waals surface area contributed by atoms with Gasteiger partial charge in [-0.15, -0.1) is 0 Å². The monoisotopic (exact) mass is 229 g/mol. The quantitative estimate of drug-likeness (QED) is 0.776. The van der Waals surface area contributed by atoms with E-state index < -0.39 is 17.5 Å². The third kappa shape index (κ3) is 2.68. The first kappa shape index (κ1) is 11.3. The second-order valence-corrected chi connectivity index (χ2v) is 4.47. The molecule has 88 valence electrons. The highest BCUT2D eigenvalue weighted by molar-refractivity contribution is 5.46. The fraction of sp³-hybridized carbons (Fsp3) is 0.500. The Bertz CT molecular complexity index is 388. The summed E-state index contributed by atoms with van der Waals surface area (Å²) in [4.78, 5) is 0. The fourth-order valence-corrected chi connectivity index (χ4v) is 1.81. The smallest absolute Gasteiger partial charge is 0.161 e. The maximum atomic E-state index is 13.3. The van der Waals surface area contributed by atoms with E-state index in [1.165, 1.54) is 12.8 Å². The molecule has 4 heteroatoms. The molecule has 1 aromatic rings. The fourth-order valence-electron chi connectivity index (χ4n) is 1.81. The summed E-state index contributed by atoms with van der Waals surface area (Å²) >= 11 is 0. The molecule has 0 spiro atoms. The van der Waals surface area contributed by atoms with E-state index in [1.54, 1.807) is 0 Å². The Balaban J connectivity index is 2.04. The zero-order chi connectivity index (χ0) is 11.7. The molecular formula is C12H14F3N. The van der Waals surface area contributed by atoms with Gasteiger partial charge in [0, 0.05) is 18.2 Å². The lowest BCUT2D eigenvalue weighted by atomic mass is 10.1. The molecule has 0 bridgehead atoms. The average Bonchev–Trinajstić information content (AvgIpc) is 2.98. The summed E-state index contributed by atoms with van der Waals surface area (Å²) in [6, 6.07) is 1.52. The van der Waals surface area contributed by atoms with Gasteiger partial charge in [-0.2, -0.15) is 0 Å². The van der Waals surface area contributed by atoms with Crippen LogP contribution < -0.4 is 5.32 Å². The molecule has 1 aliphatic rings. The third-order valence-corrected chi connectivity index (χ3v) is 2.80. The molecule has 1 saturated carbocycles. The van der Waals surface area contributed by atoms with Gasteiger partial charge in [0.25, 0.3) is 0 Å². The number of anilines is 1. The van der Waals surface area contributed by atoms with Crippen LogP contribution in [0.1, 0.15) is 26.2 Å². The molecule has 1 fully saturated rings. The molecule has 16 heavy (non-hydrogen) atoms. The first-order valence-electron chi connectivity index (χ1n) is 5.47. The topological polar surface area (TPSA) is 12.0 Å². The lowest BCUT2D eigenvalue weighted by molar-refractivity contribution is 0.495. The molecule has 1 N–H and O–H groups in total. The molecule has 0 heterocycles. The molecule has 0 saturated heterocycles. The molecule has 1 nitrogen and oxygen atoms in total. The lowest BCUT2D eigenvalue weighted by Crippen LogP contribution is -2.17. The van der Waals surface area contributed by atoms with Crippen LogP contribution in [0.4, 0.5) is 18.9 Å². The maximum Gasteiger partial charge on any atom is 0.161 e. The summed E-state index contributed by atoms with van der Waals surface area (Å²) in [6.45, 7) is 1.92. The molecule has 2 rings (SSSR count). The average molecular weight is 229 g/mol. The van der Waals surface area contributed by atoms with Gasteiger partial charge in [-0.3, -0.25) is 0 Å². The second-order valence-electron chi connectivity index (χ2n) is 4.47. The second kappa shape index (κ2) is 4.36. The summed E-state index contributed by atoms with van der Waals surface area (Å²) in [5, 5.41) is 2.87. The van der Waals surface area contributed by atoms with E-state index in [0.717, 1.165) is 12.5 Å². The first-order valence-corrected chi connectivity index (χ1v) is 5.47. The van der Waals surface area contributed by atoms with Crippen LogP contribution in [0.3, 0.4) is 0 Å². The minimum Gasteiger partial charge on any atom is -0.380 e. The Morgan fingerprint density at radius 2 is 1.81 bits per heavy atom. The highest BCUT2D eigenvalue weighted by Crippen LogP contribution is 2.34.